The fourth-order valence-corrected chi connectivity index (χ4v) is 3.27. The van der Waals surface area contributed by atoms with E-state index in [4.69, 9.17) is 23.2 Å². The van der Waals surface area contributed by atoms with Gasteiger partial charge in [0.2, 0.25) is 0 Å². The number of halogens is 2. The van der Waals surface area contributed by atoms with Gasteiger partial charge >= 0.3 is 0 Å². The van der Waals surface area contributed by atoms with Crippen LogP contribution in [0.2, 0.25) is 10.0 Å². The summed E-state index contributed by atoms with van der Waals surface area (Å²) in [5.74, 6) is 0. The van der Waals surface area contributed by atoms with Crippen LogP contribution < -0.4 is 5.32 Å². The highest BCUT2D eigenvalue weighted by molar-refractivity contribution is 6.34. The first-order chi connectivity index (χ1) is 8.63. The minimum Gasteiger partial charge on any atom is -0.396 e. The molecule has 0 unspecified atom stereocenters. The number of hydrogen-bond donors (Lipinski definition) is 2. The van der Waals surface area contributed by atoms with Gasteiger partial charge in [-0.1, -0.05) is 36.0 Å². The Morgan fingerprint density at radius 1 is 1.11 bits per heavy atom. The first kappa shape index (κ1) is 14.1. The third kappa shape index (κ3) is 3.61. The molecule has 1 aliphatic rings. The van der Waals surface area contributed by atoms with Crippen LogP contribution in [0.4, 0.5) is 0 Å². The minimum atomic E-state index is 0.0857. The SMILES string of the molecule is OCC1(CNCc2cc(Cl)cc(Cl)c2)CCCC1. The zero-order valence-electron chi connectivity index (χ0n) is 10.4. The van der Waals surface area contributed by atoms with Gasteiger partial charge in [0.25, 0.3) is 0 Å². The molecular weight excluding hydrogens is 269 g/mol. The highest BCUT2D eigenvalue weighted by Crippen LogP contribution is 2.36. The Bertz CT molecular complexity index is 383. The molecule has 0 heterocycles. The Morgan fingerprint density at radius 3 is 2.28 bits per heavy atom. The van der Waals surface area contributed by atoms with E-state index in [-0.39, 0.29) is 12.0 Å². The molecule has 2 N–H and O–H groups in total. The van der Waals surface area contributed by atoms with Gasteiger partial charge in [-0.25, -0.2) is 0 Å². The molecule has 2 nitrogen and oxygen atoms in total. The molecule has 2 rings (SSSR count). The van der Waals surface area contributed by atoms with Crippen LogP contribution in [-0.4, -0.2) is 18.3 Å². The summed E-state index contributed by atoms with van der Waals surface area (Å²) in [6.45, 7) is 1.87. The van der Waals surface area contributed by atoms with E-state index in [1.807, 2.05) is 12.1 Å². The topological polar surface area (TPSA) is 32.3 Å². The summed E-state index contributed by atoms with van der Waals surface area (Å²) < 4.78 is 0. The molecule has 0 amide bonds. The second kappa shape index (κ2) is 6.25. The predicted octanol–water partition coefficient (Wildman–Crippen LogP) is 3.64. The average molecular weight is 288 g/mol. The molecule has 0 radical (unpaired) electrons. The van der Waals surface area contributed by atoms with E-state index in [9.17, 15) is 5.11 Å². The fraction of sp³-hybridized carbons (Fsp3) is 0.571. The molecule has 0 spiro atoms. The van der Waals surface area contributed by atoms with E-state index in [1.54, 1.807) is 6.07 Å². The predicted molar refractivity (Wildman–Crippen MR) is 76.2 cm³/mol. The summed E-state index contributed by atoms with van der Waals surface area (Å²) in [7, 11) is 0. The van der Waals surface area contributed by atoms with Crippen molar-refractivity contribution >= 4 is 23.2 Å². The molecule has 1 aromatic carbocycles. The molecule has 4 heteroatoms. The third-order valence-corrected chi connectivity index (χ3v) is 4.19. The number of hydrogen-bond acceptors (Lipinski definition) is 2. The summed E-state index contributed by atoms with van der Waals surface area (Å²) in [6, 6.07) is 5.57. The maximum Gasteiger partial charge on any atom is 0.0499 e. The Labute approximate surface area is 118 Å². The smallest absolute Gasteiger partial charge is 0.0499 e. The Hall–Kier alpha value is -0.280. The zero-order valence-corrected chi connectivity index (χ0v) is 11.9. The molecule has 0 atom stereocenters. The van der Waals surface area contributed by atoms with Gasteiger partial charge in [0.15, 0.2) is 0 Å². The van der Waals surface area contributed by atoms with E-state index in [0.717, 1.165) is 31.5 Å². The standard InChI is InChI=1S/C14H19Cl2NO/c15-12-5-11(6-13(16)7-12)8-17-9-14(10-18)3-1-2-4-14/h5-7,17-18H,1-4,8-10H2. The summed E-state index contributed by atoms with van der Waals surface area (Å²) in [4.78, 5) is 0. The van der Waals surface area contributed by atoms with Gasteiger partial charge in [-0.3, -0.25) is 0 Å². The lowest BCUT2D eigenvalue weighted by Crippen LogP contribution is -2.34. The summed E-state index contributed by atoms with van der Waals surface area (Å²) in [5.41, 5.74) is 1.17. The highest BCUT2D eigenvalue weighted by Gasteiger charge is 2.32. The normalized spacial score (nSPS) is 18.2. The number of nitrogens with one attached hydrogen (secondary N) is 1. The molecule has 1 fully saturated rings. The summed E-state index contributed by atoms with van der Waals surface area (Å²) in [5, 5.41) is 14.3. The van der Waals surface area contributed by atoms with Crippen molar-refractivity contribution < 1.29 is 5.11 Å². The van der Waals surface area contributed by atoms with E-state index in [0.29, 0.717) is 10.0 Å². The number of aliphatic hydroxyl groups excluding tert-OH is 1. The van der Waals surface area contributed by atoms with Crippen molar-refractivity contribution in [3.05, 3.63) is 33.8 Å². The van der Waals surface area contributed by atoms with Gasteiger partial charge in [0, 0.05) is 35.2 Å². The summed E-state index contributed by atoms with van der Waals surface area (Å²) >= 11 is 11.9. The third-order valence-electron chi connectivity index (χ3n) is 3.75. The van der Waals surface area contributed by atoms with Crippen molar-refractivity contribution in [3.8, 4) is 0 Å². The van der Waals surface area contributed by atoms with Gasteiger partial charge in [0.1, 0.15) is 0 Å². The molecule has 0 aliphatic heterocycles. The lowest BCUT2D eigenvalue weighted by atomic mass is 9.87. The number of rotatable bonds is 5. The number of benzene rings is 1. The second-order valence-corrected chi connectivity index (χ2v) is 6.12. The van der Waals surface area contributed by atoms with Crippen LogP contribution in [0.1, 0.15) is 31.2 Å². The van der Waals surface area contributed by atoms with Gasteiger partial charge in [0.05, 0.1) is 0 Å². The molecule has 1 aromatic rings. The van der Waals surface area contributed by atoms with Crippen molar-refractivity contribution in [1.29, 1.82) is 0 Å². The van der Waals surface area contributed by atoms with Crippen LogP contribution in [0.3, 0.4) is 0 Å². The molecule has 1 saturated carbocycles. The van der Waals surface area contributed by atoms with Crippen molar-refractivity contribution in [1.82, 2.24) is 5.32 Å². The van der Waals surface area contributed by atoms with Crippen LogP contribution in [0.5, 0.6) is 0 Å². The second-order valence-electron chi connectivity index (χ2n) is 5.25. The first-order valence-corrected chi connectivity index (χ1v) is 7.16. The fourth-order valence-electron chi connectivity index (χ4n) is 2.70. The lowest BCUT2D eigenvalue weighted by Gasteiger charge is -2.26. The molecular formula is C14H19Cl2NO. The Morgan fingerprint density at radius 2 is 1.72 bits per heavy atom. The van der Waals surface area contributed by atoms with Crippen molar-refractivity contribution in [2.75, 3.05) is 13.2 Å². The van der Waals surface area contributed by atoms with E-state index in [1.165, 1.54) is 12.8 Å². The average Bonchev–Trinajstić information content (AvgIpc) is 2.77. The van der Waals surface area contributed by atoms with Crippen LogP contribution in [0, 0.1) is 5.41 Å². The van der Waals surface area contributed by atoms with Crippen molar-refractivity contribution in [2.24, 2.45) is 5.41 Å². The van der Waals surface area contributed by atoms with Crippen LogP contribution in [-0.2, 0) is 6.54 Å². The maximum atomic E-state index is 9.52. The van der Waals surface area contributed by atoms with Crippen molar-refractivity contribution in [3.63, 3.8) is 0 Å². The Kier molecular flexibility index (Phi) is 4.91. The summed E-state index contributed by atoms with van der Waals surface area (Å²) in [6.07, 6.45) is 4.69. The molecule has 18 heavy (non-hydrogen) atoms. The lowest BCUT2D eigenvalue weighted by molar-refractivity contribution is 0.128. The molecule has 1 aliphatic carbocycles. The monoisotopic (exact) mass is 287 g/mol. The van der Waals surface area contributed by atoms with E-state index < -0.39 is 0 Å². The van der Waals surface area contributed by atoms with Crippen molar-refractivity contribution in [2.45, 2.75) is 32.2 Å². The minimum absolute atomic E-state index is 0.0857. The van der Waals surface area contributed by atoms with Crippen LogP contribution in [0.15, 0.2) is 18.2 Å². The number of aliphatic hydroxyl groups is 1. The largest absolute Gasteiger partial charge is 0.396 e. The maximum absolute atomic E-state index is 9.52. The Balaban J connectivity index is 1.87. The van der Waals surface area contributed by atoms with Crippen LogP contribution in [0.25, 0.3) is 0 Å². The highest BCUT2D eigenvalue weighted by atomic mass is 35.5. The van der Waals surface area contributed by atoms with Gasteiger partial charge in [-0.2, -0.15) is 0 Å². The van der Waals surface area contributed by atoms with Gasteiger partial charge < -0.3 is 10.4 Å². The zero-order chi connectivity index (χ0) is 13.0. The molecule has 0 bridgehead atoms. The first-order valence-electron chi connectivity index (χ1n) is 6.40. The molecule has 0 aromatic heterocycles. The quantitative estimate of drug-likeness (QED) is 0.867. The molecule has 100 valence electrons. The van der Waals surface area contributed by atoms with E-state index >= 15 is 0 Å². The van der Waals surface area contributed by atoms with E-state index in [2.05, 4.69) is 5.32 Å². The van der Waals surface area contributed by atoms with Gasteiger partial charge in [-0.15, -0.1) is 0 Å². The molecule has 0 saturated heterocycles. The van der Waals surface area contributed by atoms with Crippen LogP contribution >= 0.6 is 23.2 Å². The van der Waals surface area contributed by atoms with Gasteiger partial charge in [-0.05, 0) is 36.6 Å².